The van der Waals surface area contributed by atoms with E-state index in [0.29, 0.717) is 17.1 Å². The molecule has 9 heteroatoms. The maximum atomic E-state index is 14.5. The quantitative estimate of drug-likeness (QED) is 0.324. The number of fused-ring (bicyclic) bond motifs is 5. The van der Waals surface area contributed by atoms with Crippen LogP contribution >= 0.6 is 0 Å². The summed E-state index contributed by atoms with van der Waals surface area (Å²) >= 11 is 0. The van der Waals surface area contributed by atoms with E-state index in [1.54, 1.807) is 24.7 Å². The highest BCUT2D eigenvalue weighted by atomic mass is 32.2. The van der Waals surface area contributed by atoms with Crippen molar-refractivity contribution in [2.75, 3.05) is 6.26 Å². The number of hydrogen-bond donors (Lipinski definition) is 0. The number of benzene rings is 1. The van der Waals surface area contributed by atoms with Crippen LogP contribution in [-0.2, 0) is 20.7 Å². The first-order valence-corrected chi connectivity index (χ1v) is 14.7. The second-order valence-corrected chi connectivity index (χ2v) is 13.6. The molecule has 0 saturated heterocycles. The number of pyridine rings is 1. The van der Waals surface area contributed by atoms with Crippen molar-refractivity contribution >= 4 is 15.4 Å². The Kier molecular flexibility index (Phi) is 5.51. The van der Waals surface area contributed by atoms with Crippen molar-refractivity contribution in [3.05, 3.63) is 89.1 Å². The lowest BCUT2D eigenvalue weighted by Gasteiger charge is -2.37. The summed E-state index contributed by atoms with van der Waals surface area (Å²) in [6.45, 7) is 4.38. The predicted octanol–water partition coefficient (Wildman–Crippen LogP) is 5.32. The van der Waals surface area contributed by atoms with E-state index in [2.05, 4.69) is 39.9 Å². The summed E-state index contributed by atoms with van der Waals surface area (Å²) in [5, 5.41) is 8.90. The fraction of sp³-hybridized carbons (Fsp3) is 0.310. The van der Waals surface area contributed by atoms with Crippen molar-refractivity contribution in [1.29, 1.82) is 0 Å². The van der Waals surface area contributed by atoms with Crippen molar-refractivity contribution in [3.63, 3.8) is 0 Å². The van der Waals surface area contributed by atoms with Gasteiger partial charge in [0.05, 0.1) is 51.4 Å². The van der Waals surface area contributed by atoms with Crippen LogP contribution in [0.3, 0.4) is 0 Å². The van der Waals surface area contributed by atoms with E-state index in [9.17, 15) is 13.0 Å². The smallest absolute Gasteiger partial charge is 0.135 e. The highest BCUT2D eigenvalue weighted by Crippen LogP contribution is 2.69. The first-order chi connectivity index (χ1) is 18.0. The first kappa shape index (κ1) is 24.7. The molecular weight excluding hydrogens is 504 g/mol. The molecule has 3 atom stereocenters. The van der Waals surface area contributed by atoms with Crippen LogP contribution in [0.4, 0.5) is 8.78 Å². The van der Waals surface area contributed by atoms with Crippen molar-refractivity contribution in [2.45, 2.75) is 43.8 Å². The Morgan fingerprint density at radius 3 is 2.47 bits per heavy atom. The number of aromatic nitrogens is 5. The lowest BCUT2D eigenvalue weighted by molar-refractivity contribution is 0.242. The SMILES string of the molecule is C=S(C)(=O)Cc1cccc(-c2cncc([C@@]34CC[C@@H](c5cc(-c6c(F)cccc6F)nnc53)C4(C)C)n2)n1. The van der Waals surface area contributed by atoms with E-state index in [4.69, 9.17) is 4.98 Å². The number of halogens is 2. The van der Waals surface area contributed by atoms with Gasteiger partial charge in [-0.15, -0.1) is 5.10 Å². The molecule has 3 heterocycles. The maximum absolute atomic E-state index is 14.5. The van der Waals surface area contributed by atoms with E-state index in [-0.39, 0.29) is 28.3 Å². The van der Waals surface area contributed by atoms with Gasteiger partial charge in [-0.25, -0.2) is 13.8 Å². The van der Waals surface area contributed by atoms with Crippen molar-refractivity contribution in [1.82, 2.24) is 25.1 Å². The van der Waals surface area contributed by atoms with Gasteiger partial charge in [0.2, 0.25) is 0 Å². The fourth-order valence-corrected chi connectivity index (χ4v) is 7.25. The van der Waals surface area contributed by atoms with Crippen LogP contribution < -0.4 is 0 Å². The number of rotatable bonds is 5. The Morgan fingerprint density at radius 1 is 1.00 bits per heavy atom. The van der Waals surface area contributed by atoms with Crippen LogP contribution in [-0.4, -0.2) is 41.5 Å². The van der Waals surface area contributed by atoms with Crippen molar-refractivity contribution in [2.24, 2.45) is 5.41 Å². The van der Waals surface area contributed by atoms with Crippen LogP contribution in [0.15, 0.2) is 54.9 Å². The molecule has 6 nitrogen and oxygen atoms in total. The second kappa shape index (κ2) is 8.46. The zero-order valence-electron chi connectivity index (χ0n) is 21.4. The molecule has 6 rings (SSSR count). The summed E-state index contributed by atoms with van der Waals surface area (Å²) in [6, 6.07) is 11.1. The normalized spacial score (nSPS) is 22.7. The summed E-state index contributed by atoms with van der Waals surface area (Å²) in [7, 11) is -2.24. The summed E-state index contributed by atoms with van der Waals surface area (Å²) < 4.78 is 41.3. The van der Waals surface area contributed by atoms with Gasteiger partial charge in [-0.1, -0.05) is 26.0 Å². The van der Waals surface area contributed by atoms with Crippen LogP contribution in [0.1, 0.15) is 55.3 Å². The minimum atomic E-state index is -2.24. The van der Waals surface area contributed by atoms with Crippen molar-refractivity contribution < 1.29 is 13.0 Å². The first-order valence-electron chi connectivity index (χ1n) is 12.4. The Morgan fingerprint density at radius 2 is 1.74 bits per heavy atom. The molecule has 0 spiro atoms. The van der Waals surface area contributed by atoms with Gasteiger partial charge in [0.25, 0.3) is 0 Å². The van der Waals surface area contributed by atoms with E-state index in [1.807, 2.05) is 18.2 Å². The molecule has 1 fully saturated rings. The largest absolute Gasteiger partial charge is 0.268 e. The minimum Gasteiger partial charge on any atom is -0.268 e. The molecule has 194 valence electrons. The van der Waals surface area contributed by atoms with E-state index >= 15 is 0 Å². The zero-order chi connectivity index (χ0) is 26.9. The number of hydrogen-bond acceptors (Lipinski definition) is 6. The standard InChI is InChI=1S/C29H27F2N5OS/c1-28(2)19-11-12-29(28,27-18(19)13-23(35-36-27)26-20(30)8-6-9-21(26)31)25-15-32-14-24(34-25)22-10-5-7-17(33-22)16-38(3,4)37/h5-10,13-15,19H,3,11-12,16H2,1-2,4H3/t19-,29-,38?/m0/s1. The molecule has 3 aromatic heterocycles. The molecule has 0 N–H and O–H groups in total. The molecule has 2 aliphatic carbocycles. The van der Waals surface area contributed by atoms with E-state index in [0.717, 1.165) is 29.8 Å². The molecule has 4 aromatic rings. The lowest BCUT2D eigenvalue weighted by Crippen LogP contribution is -2.38. The lowest BCUT2D eigenvalue weighted by atomic mass is 9.66. The Balaban J connectivity index is 1.47. The van der Waals surface area contributed by atoms with Crippen LogP contribution in [0.5, 0.6) is 0 Å². The molecule has 1 unspecified atom stereocenters. The van der Waals surface area contributed by atoms with E-state index in [1.165, 1.54) is 18.2 Å². The Labute approximate surface area is 220 Å². The third-order valence-electron chi connectivity index (χ3n) is 8.20. The van der Waals surface area contributed by atoms with Gasteiger partial charge in [0, 0.05) is 12.5 Å². The zero-order valence-corrected chi connectivity index (χ0v) is 22.2. The van der Waals surface area contributed by atoms with E-state index < -0.39 is 26.6 Å². The van der Waals surface area contributed by atoms with Gasteiger partial charge < -0.3 is 0 Å². The number of nitrogens with zero attached hydrogens (tertiary/aromatic N) is 5. The summed E-state index contributed by atoms with van der Waals surface area (Å²) in [5.74, 6) is 2.81. The molecule has 2 bridgehead atoms. The van der Waals surface area contributed by atoms with Crippen molar-refractivity contribution in [3.8, 4) is 22.6 Å². The Bertz CT molecular complexity index is 1680. The van der Waals surface area contributed by atoms with Gasteiger partial charge in [-0.05, 0) is 75.5 Å². The summed E-state index contributed by atoms with van der Waals surface area (Å²) in [4.78, 5) is 14.2. The van der Waals surface area contributed by atoms with Crippen LogP contribution in [0.25, 0.3) is 22.6 Å². The summed E-state index contributed by atoms with van der Waals surface area (Å²) in [6.07, 6.45) is 6.76. The van der Waals surface area contributed by atoms with Gasteiger partial charge in [-0.3, -0.25) is 14.2 Å². The second-order valence-electron chi connectivity index (χ2n) is 11.0. The van der Waals surface area contributed by atoms with Gasteiger partial charge in [-0.2, -0.15) is 5.10 Å². The molecule has 0 radical (unpaired) electrons. The van der Waals surface area contributed by atoms with Gasteiger partial charge in [0.15, 0.2) is 0 Å². The molecular formula is C29H27F2N5OS. The third-order valence-corrected chi connectivity index (χ3v) is 9.10. The molecule has 0 aliphatic heterocycles. The average molecular weight is 532 g/mol. The topological polar surface area (TPSA) is 81.5 Å². The predicted molar refractivity (Wildman–Crippen MR) is 144 cm³/mol. The molecule has 0 amide bonds. The summed E-state index contributed by atoms with van der Waals surface area (Å²) in [5.41, 5.74) is 3.63. The fourth-order valence-electron chi connectivity index (χ4n) is 6.47. The monoisotopic (exact) mass is 531 g/mol. The Hall–Kier alpha value is -3.59. The highest BCUT2D eigenvalue weighted by molar-refractivity contribution is 7.98. The molecule has 1 aromatic carbocycles. The van der Waals surface area contributed by atoms with Gasteiger partial charge >= 0.3 is 0 Å². The van der Waals surface area contributed by atoms with Crippen LogP contribution in [0, 0.1) is 17.0 Å². The molecule has 1 saturated carbocycles. The average Bonchev–Trinajstić information content (AvgIpc) is 3.24. The highest BCUT2D eigenvalue weighted by Gasteiger charge is 2.65. The third kappa shape index (κ3) is 3.66. The van der Waals surface area contributed by atoms with Crippen LogP contribution in [0.2, 0.25) is 0 Å². The van der Waals surface area contributed by atoms with Gasteiger partial charge in [0.1, 0.15) is 17.3 Å². The maximum Gasteiger partial charge on any atom is 0.135 e. The molecule has 38 heavy (non-hydrogen) atoms. The minimum absolute atomic E-state index is 0.128. The molecule has 2 aliphatic rings.